The van der Waals surface area contributed by atoms with E-state index in [1.54, 1.807) is 0 Å². The van der Waals surface area contributed by atoms with E-state index in [2.05, 4.69) is 37.4 Å². The van der Waals surface area contributed by atoms with Gasteiger partial charge >= 0.3 is 0 Å². The highest BCUT2D eigenvalue weighted by Gasteiger charge is 2.07. The van der Waals surface area contributed by atoms with Crippen molar-refractivity contribution in [3.63, 3.8) is 0 Å². The fourth-order valence-corrected chi connectivity index (χ4v) is 2.58. The Bertz CT molecular complexity index is 739. The molecular formula is C15H21ClN6. The van der Waals surface area contributed by atoms with Gasteiger partial charge in [-0.15, -0.1) is 12.4 Å². The quantitative estimate of drug-likeness (QED) is 0.726. The summed E-state index contributed by atoms with van der Waals surface area (Å²) in [5.74, 6) is 0. The zero-order chi connectivity index (χ0) is 14.8. The van der Waals surface area contributed by atoms with Gasteiger partial charge in [0.15, 0.2) is 0 Å². The topological polar surface area (TPSA) is 53.5 Å². The molecule has 0 aliphatic heterocycles. The van der Waals surface area contributed by atoms with Crippen LogP contribution in [0, 0.1) is 13.8 Å². The monoisotopic (exact) mass is 320 g/mol. The molecule has 0 atom stereocenters. The lowest BCUT2D eigenvalue weighted by Crippen LogP contribution is -2.07. The van der Waals surface area contributed by atoms with Crippen molar-refractivity contribution in [2.75, 3.05) is 0 Å². The first-order valence-electron chi connectivity index (χ1n) is 7.13. The summed E-state index contributed by atoms with van der Waals surface area (Å²) in [5, 5.41) is 8.71. The van der Waals surface area contributed by atoms with Gasteiger partial charge in [-0.3, -0.25) is 9.36 Å². The van der Waals surface area contributed by atoms with E-state index in [-0.39, 0.29) is 12.4 Å². The van der Waals surface area contributed by atoms with Crippen molar-refractivity contribution < 1.29 is 0 Å². The van der Waals surface area contributed by atoms with Gasteiger partial charge in [-0.25, -0.2) is 4.98 Å². The molecule has 0 amide bonds. The third-order valence-corrected chi connectivity index (χ3v) is 3.59. The van der Waals surface area contributed by atoms with E-state index in [0.717, 1.165) is 36.5 Å². The Morgan fingerprint density at radius 3 is 2.59 bits per heavy atom. The van der Waals surface area contributed by atoms with Crippen LogP contribution < -0.4 is 0 Å². The zero-order valence-corrected chi connectivity index (χ0v) is 13.9. The average molecular weight is 321 g/mol. The van der Waals surface area contributed by atoms with Crippen LogP contribution in [0.5, 0.6) is 0 Å². The summed E-state index contributed by atoms with van der Waals surface area (Å²) in [7, 11) is 1.92. The van der Waals surface area contributed by atoms with Crippen LogP contribution in [0.4, 0.5) is 0 Å². The Morgan fingerprint density at radius 2 is 1.95 bits per heavy atom. The van der Waals surface area contributed by atoms with Crippen LogP contribution >= 0.6 is 12.4 Å². The summed E-state index contributed by atoms with van der Waals surface area (Å²) < 4.78 is 6.04. The summed E-state index contributed by atoms with van der Waals surface area (Å²) in [5.41, 5.74) is 4.49. The Labute approximate surface area is 136 Å². The predicted octanol–water partition coefficient (Wildman–Crippen LogP) is 2.61. The Morgan fingerprint density at radius 1 is 1.14 bits per heavy atom. The maximum absolute atomic E-state index is 4.49. The molecule has 0 saturated heterocycles. The fourth-order valence-electron chi connectivity index (χ4n) is 2.58. The standard InChI is InChI=1S/C15H20N6.ClH/c1-12-7-13(2)21(18-12)6-4-5-20-11-16-9-15(20)14-8-17-19(3)10-14;/h7-11H,4-6H2,1-3H3;1H. The molecule has 3 rings (SSSR count). The molecule has 22 heavy (non-hydrogen) atoms. The molecule has 0 aliphatic rings. The molecule has 0 N–H and O–H groups in total. The fraction of sp³-hybridized carbons (Fsp3) is 0.400. The number of halogens is 1. The van der Waals surface area contributed by atoms with Gasteiger partial charge in [0, 0.05) is 37.6 Å². The first-order chi connectivity index (χ1) is 10.1. The van der Waals surface area contributed by atoms with Crippen LogP contribution in [0.1, 0.15) is 17.8 Å². The molecule has 3 aromatic heterocycles. The lowest BCUT2D eigenvalue weighted by Gasteiger charge is -2.08. The van der Waals surface area contributed by atoms with Crippen LogP contribution in [0.25, 0.3) is 11.3 Å². The highest BCUT2D eigenvalue weighted by atomic mass is 35.5. The van der Waals surface area contributed by atoms with Crippen LogP contribution in [-0.2, 0) is 20.1 Å². The third-order valence-electron chi connectivity index (χ3n) is 3.59. The van der Waals surface area contributed by atoms with E-state index in [1.165, 1.54) is 5.69 Å². The second-order valence-corrected chi connectivity index (χ2v) is 5.38. The number of hydrogen-bond donors (Lipinski definition) is 0. The number of rotatable bonds is 5. The van der Waals surface area contributed by atoms with Gasteiger partial charge in [0.05, 0.1) is 30.1 Å². The lowest BCUT2D eigenvalue weighted by atomic mass is 10.2. The highest BCUT2D eigenvalue weighted by Crippen LogP contribution is 2.18. The molecule has 3 aromatic rings. The maximum Gasteiger partial charge on any atom is 0.0950 e. The maximum atomic E-state index is 4.49. The van der Waals surface area contributed by atoms with Crippen LogP contribution in [0.15, 0.2) is 31.0 Å². The molecule has 0 saturated carbocycles. The summed E-state index contributed by atoms with van der Waals surface area (Å²) in [4.78, 5) is 4.26. The minimum atomic E-state index is 0. The van der Waals surface area contributed by atoms with Crippen molar-refractivity contribution in [1.82, 2.24) is 29.1 Å². The summed E-state index contributed by atoms with van der Waals surface area (Å²) in [6.45, 7) is 5.96. The van der Waals surface area contributed by atoms with Gasteiger partial charge in [-0.1, -0.05) is 0 Å². The molecule has 7 heteroatoms. The molecule has 0 aromatic carbocycles. The largest absolute Gasteiger partial charge is 0.330 e. The summed E-state index contributed by atoms with van der Waals surface area (Å²) in [6, 6.07) is 2.11. The second-order valence-electron chi connectivity index (χ2n) is 5.38. The molecule has 0 radical (unpaired) electrons. The van der Waals surface area contributed by atoms with Crippen LogP contribution in [0.3, 0.4) is 0 Å². The molecule has 0 fully saturated rings. The van der Waals surface area contributed by atoms with Crippen molar-refractivity contribution in [3.8, 4) is 11.3 Å². The Hall–Kier alpha value is -2.08. The second kappa shape index (κ2) is 6.79. The van der Waals surface area contributed by atoms with Crippen LogP contribution in [0.2, 0.25) is 0 Å². The van der Waals surface area contributed by atoms with E-state index in [0.29, 0.717) is 0 Å². The van der Waals surface area contributed by atoms with Gasteiger partial charge in [0.1, 0.15) is 0 Å². The number of hydrogen-bond acceptors (Lipinski definition) is 3. The lowest BCUT2D eigenvalue weighted by molar-refractivity contribution is 0.518. The molecule has 118 valence electrons. The minimum Gasteiger partial charge on any atom is -0.330 e. The number of imidazole rings is 1. The van der Waals surface area contributed by atoms with Gasteiger partial charge in [-0.05, 0) is 26.3 Å². The Kier molecular flexibility index (Phi) is 5.03. The zero-order valence-electron chi connectivity index (χ0n) is 13.1. The van der Waals surface area contributed by atoms with E-state index in [4.69, 9.17) is 0 Å². The first kappa shape index (κ1) is 16.3. The summed E-state index contributed by atoms with van der Waals surface area (Å²) >= 11 is 0. The first-order valence-corrected chi connectivity index (χ1v) is 7.13. The van der Waals surface area contributed by atoms with Crippen LogP contribution in [-0.4, -0.2) is 29.1 Å². The molecule has 0 bridgehead atoms. The predicted molar refractivity (Wildman–Crippen MR) is 88.0 cm³/mol. The van der Waals surface area contributed by atoms with Crippen molar-refractivity contribution in [1.29, 1.82) is 0 Å². The molecule has 0 aliphatic carbocycles. The number of aryl methyl sites for hydroxylation is 5. The minimum absolute atomic E-state index is 0. The summed E-state index contributed by atoms with van der Waals surface area (Å²) in [6.07, 6.45) is 8.67. The normalized spacial score (nSPS) is 10.7. The average Bonchev–Trinajstić information content (AvgIpc) is 3.11. The highest BCUT2D eigenvalue weighted by molar-refractivity contribution is 5.85. The van der Waals surface area contributed by atoms with Crippen molar-refractivity contribution in [2.24, 2.45) is 7.05 Å². The van der Waals surface area contributed by atoms with Gasteiger partial charge < -0.3 is 4.57 Å². The van der Waals surface area contributed by atoms with Crippen molar-refractivity contribution in [3.05, 3.63) is 42.4 Å². The van der Waals surface area contributed by atoms with Gasteiger partial charge in [0.2, 0.25) is 0 Å². The van der Waals surface area contributed by atoms with Crippen molar-refractivity contribution >= 4 is 12.4 Å². The van der Waals surface area contributed by atoms with E-state index < -0.39 is 0 Å². The van der Waals surface area contributed by atoms with Gasteiger partial charge in [-0.2, -0.15) is 10.2 Å². The van der Waals surface area contributed by atoms with E-state index >= 15 is 0 Å². The SMILES string of the molecule is Cc1cc(C)n(CCCn2cncc2-c2cnn(C)c2)n1.Cl. The number of aromatic nitrogens is 6. The van der Waals surface area contributed by atoms with E-state index in [1.807, 2.05) is 43.6 Å². The van der Waals surface area contributed by atoms with Gasteiger partial charge in [0.25, 0.3) is 0 Å². The molecule has 0 unspecified atom stereocenters. The smallest absolute Gasteiger partial charge is 0.0950 e. The molecule has 6 nitrogen and oxygen atoms in total. The molecular weight excluding hydrogens is 300 g/mol. The molecule has 3 heterocycles. The number of nitrogens with zero attached hydrogens (tertiary/aromatic N) is 6. The van der Waals surface area contributed by atoms with E-state index in [9.17, 15) is 0 Å². The molecule has 0 spiro atoms. The Balaban J connectivity index is 0.00000176. The third kappa shape index (κ3) is 3.39. The van der Waals surface area contributed by atoms with Crippen molar-refractivity contribution in [2.45, 2.75) is 33.4 Å².